The third-order valence-electron chi connectivity index (χ3n) is 2.36. The van der Waals surface area contributed by atoms with E-state index in [1.807, 2.05) is 0 Å². The second-order valence-electron chi connectivity index (χ2n) is 3.82. The van der Waals surface area contributed by atoms with Crippen molar-refractivity contribution >= 4 is 29.2 Å². The molecular weight excluding hydrogens is 314 g/mol. The van der Waals surface area contributed by atoms with Crippen LogP contribution in [0.15, 0.2) is 18.2 Å². The number of nitrogens with one attached hydrogen (secondary N) is 2. The van der Waals surface area contributed by atoms with Gasteiger partial charge in [-0.25, -0.2) is 4.39 Å². The fourth-order valence-corrected chi connectivity index (χ4v) is 1.63. The molecular formula is C11H8ClF4N5. The lowest BCUT2D eigenvalue weighted by Gasteiger charge is -2.11. The molecule has 0 unspecified atom stereocenters. The van der Waals surface area contributed by atoms with Crippen LogP contribution < -0.4 is 10.6 Å². The van der Waals surface area contributed by atoms with Crippen molar-refractivity contribution in [2.75, 3.05) is 17.7 Å². The van der Waals surface area contributed by atoms with Gasteiger partial charge in [-0.2, -0.15) is 28.1 Å². The van der Waals surface area contributed by atoms with Crippen LogP contribution in [0.5, 0.6) is 0 Å². The third-order valence-corrected chi connectivity index (χ3v) is 2.53. The molecule has 0 spiro atoms. The van der Waals surface area contributed by atoms with Gasteiger partial charge in [0, 0.05) is 12.7 Å². The average Bonchev–Trinajstić information content (AvgIpc) is 2.39. The maximum absolute atomic E-state index is 13.2. The number of hydrogen-bond acceptors (Lipinski definition) is 5. The van der Waals surface area contributed by atoms with Crippen LogP contribution in [0.1, 0.15) is 5.56 Å². The molecule has 2 rings (SSSR count). The van der Waals surface area contributed by atoms with Gasteiger partial charge in [-0.1, -0.05) is 0 Å². The number of nitrogens with zero attached hydrogens (tertiary/aromatic N) is 3. The fourth-order valence-electron chi connectivity index (χ4n) is 1.47. The highest BCUT2D eigenvalue weighted by atomic mass is 35.5. The zero-order valence-electron chi connectivity index (χ0n) is 10.5. The number of anilines is 3. The van der Waals surface area contributed by atoms with E-state index < -0.39 is 17.6 Å². The second kappa shape index (κ2) is 5.68. The lowest BCUT2D eigenvalue weighted by Crippen LogP contribution is -2.09. The topological polar surface area (TPSA) is 62.7 Å². The van der Waals surface area contributed by atoms with Crippen molar-refractivity contribution < 1.29 is 17.6 Å². The maximum Gasteiger partial charge on any atom is 0.419 e. The molecule has 0 fully saturated rings. The molecule has 0 saturated carbocycles. The van der Waals surface area contributed by atoms with Crippen LogP contribution in [0.4, 0.5) is 35.1 Å². The Morgan fingerprint density at radius 3 is 2.38 bits per heavy atom. The van der Waals surface area contributed by atoms with Gasteiger partial charge in [0.25, 0.3) is 0 Å². The van der Waals surface area contributed by atoms with E-state index in [4.69, 9.17) is 11.6 Å². The molecule has 0 bridgehead atoms. The molecule has 0 aliphatic rings. The summed E-state index contributed by atoms with van der Waals surface area (Å²) < 4.78 is 51.0. The Kier molecular flexibility index (Phi) is 4.12. The van der Waals surface area contributed by atoms with Gasteiger partial charge in [-0.15, -0.1) is 0 Å². The van der Waals surface area contributed by atoms with E-state index in [0.717, 1.165) is 6.07 Å². The molecule has 1 aromatic carbocycles. The zero-order chi connectivity index (χ0) is 15.6. The average molecular weight is 322 g/mol. The Hall–Kier alpha value is -2.16. The van der Waals surface area contributed by atoms with Crippen molar-refractivity contribution in [3.63, 3.8) is 0 Å². The number of hydrogen-bond donors (Lipinski definition) is 2. The minimum absolute atomic E-state index is 0.0342. The predicted octanol–water partition coefficient (Wildman–Crippen LogP) is 3.47. The van der Waals surface area contributed by atoms with Crippen LogP contribution in [0.2, 0.25) is 5.28 Å². The largest absolute Gasteiger partial charge is 0.419 e. The van der Waals surface area contributed by atoms with Gasteiger partial charge in [0.15, 0.2) is 0 Å². The molecule has 2 N–H and O–H groups in total. The van der Waals surface area contributed by atoms with Crippen molar-refractivity contribution in [2.24, 2.45) is 0 Å². The van der Waals surface area contributed by atoms with Gasteiger partial charge in [0.05, 0.1) is 5.56 Å². The first kappa shape index (κ1) is 15.2. The number of aromatic nitrogens is 3. The van der Waals surface area contributed by atoms with Crippen LogP contribution in [0.3, 0.4) is 0 Å². The van der Waals surface area contributed by atoms with E-state index in [1.165, 1.54) is 7.05 Å². The summed E-state index contributed by atoms with van der Waals surface area (Å²) in [6.45, 7) is 0. The number of halogens is 5. The molecule has 10 heteroatoms. The Labute approximate surface area is 121 Å². The molecule has 0 amide bonds. The van der Waals surface area contributed by atoms with Gasteiger partial charge in [0.1, 0.15) is 5.82 Å². The molecule has 0 saturated heterocycles. The standard InChI is InChI=1S/C11H8ClF4N5/c1-17-9-19-8(12)20-10(21-9)18-5-2-3-7(13)6(4-5)11(14,15)16/h2-4H,1H3,(H2,17,18,19,20,21). The van der Waals surface area contributed by atoms with E-state index in [0.29, 0.717) is 12.1 Å². The van der Waals surface area contributed by atoms with E-state index in [9.17, 15) is 17.6 Å². The van der Waals surface area contributed by atoms with Crippen LogP contribution in [-0.2, 0) is 6.18 Å². The number of benzene rings is 1. The third kappa shape index (κ3) is 3.69. The van der Waals surface area contributed by atoms with Crippen LogP contribution >= 0.6 is 11.6 Å². The lowest BCUT2D eigenvalue weighted by atomic mass is 10.2. The van der Waals surface area contributed by atoms with Crippen molar-refractivity contribution in [3.05, 3.63) is 34.9 Å². The molecule has 112 valence electrons. The van der Waals surface area contributed by atoms with E-state index >= 15 is 0 Å². The monoisotopic (exact) mass is 321 g/mol. The molecule has 1 aromatic heterocycles. The summed E-state index contributed by atoms with van der Waals surface area (Å²) >= 11 is 5.64. The van der Waals surface area contributed by atoms with E-state index in [1.54, 1.807) is 0 Å². The molecule has 0 radical (unpaired) electrons. The van der Waals surface area contributed by atoms with Crippen LogP contribution in [0.25, 0.3) is 0 Å². The van der Waals surface area contributed by atoms with E-state index in [2.05, 4.69) is 25.6 Å². The molecule has 0 aliphatic heterocycles. The molecule has 1 heterocycles. The first-order valence-electron chi connectivity index (χ1n) is 5.52. The molecule has 0 atom stereocenters. The minimum atomic E-state index is -4.80. The highest BCUT2D eigenvalue weighted by Gasteiger charge is 2.34. The Balaban J connectivity index is 2.34. The summed E-state index contributed by atoms with van der Waals surface area (Å²) in [5.41, 5.74) is -1.42. The summed E-state index contributed by atoms with van der Waals surface area (Å²) in [5.74, 6) is -1.30. The Morgan fingerprint density at radius 2 is 1.76 bits per heavy atom. The normalized spacial score (nSPS) is 11.3. The molecule has 21 heavy (non-hydrogen) atoms. The van der Waals surface area contributed by atoms with Gasteiger partial charge in [-0.05, 0) is 29.8 Å². The fraction of sp³-hybridized carbons (Fsp3) is 0.182. The summed E-state index contributed by atoms with van der Waals surface area (Å²) in [6.07, 6.45) is -4.80. The first-order chi connectivity index (χ1) is 9.79. The summed E-state index contributed by atoms with van der Waals surface area (Å²) in [6, 6.07) is 2.44. The minimum Gasteiger partial charge on any atom is -0.357 e. The highest BCUT2D eigenvalue weighted by molar-refractivity contribution is 6.28. The van der Waals surface area contributed by atoms with Crippen LogP contribution in [0, 0.1) is 5.82 Å². The Bertz CT molecular complexity index is 662. The van der Waals surface area contributed by atoms with Crippen molar-refractivity contribution in [1.29, 1.82) is 0 Å². The summed E-state index contributed by atoms with van der Waals surface area (Å²) in [5, 5.41) is 4.97. The summed E-state index contributed by atoms with van der Waals surface area (Å²) in [7, 11) is 1.54. The van der Waals surface area contributed by atoms with Gasteiger partial charge in [-0.3, -0.25) is 0 Å². The highest BCUT2D eigenvalue weighted by Crippen LogP contribution is 2.33. The smallest absolute Gasteiger partial charge is 0.357 e. The van der Waals surface area contributed by atoms with Gasteiger partial charge < -0.3 is 10.6 Å². The lowest BCUT2D eigenvalue weighted by molar-refractivity contribution is -0.139. The van der Waals surface area contributed by atoms with E-state index in [-0.39, 0.29) is 22.9 Å². The van der Waals surface area contributed by atoms with Crippen molar-refractivity contribution in [2.45, 2.75) is 6.18 Å². The summed E-state index contributed by atoms with van der Waals surface area (Å²) in [4.78, 5) is 11.3. The maximum atomic E-state index is 13.2. The molecule has 0 aliphatic carbocycles. The predicted molar refractivity (Wildman–Crippen MR) is 69.1 cm³/mol. The SMILES string of the molecule is CNc1nc(Cl)nc(Nc2ccc(F)c(C(F)(F)F)c2)n1. The van der Waals surface area contributed by atoms with Crippen molar-refractivity contribution in [3.8, 4) is 0 Å². The Morgan fingerprint density at radius 1 is 1.10 bits per heavy atom. The quantitative estimate of drug-likeness (QED) is 0.848. The first-order valence-corrected chi connectivity index (χ1v) is 5.90. The van der Waals surface area contributed by atoms with Gasteiger partial charge >= 0.3 is 6.18 Å². The number of rotatable bonds is 3. The number of alkyl halides is 3. The second-order valence-corrected chi connectivity index (χ2v) is 4.16. The van der Waals surface area contributed by atoms with Crippen molar-refractivity contribution in [1.82, 2.24) is 15.0 Å². The van der Waals surface area contributed by atoms with Crippen LogP contribution in [-0.4, -0.2) is 22.0 Å². The van der Waals surface area contributed by atoms with Gasteiger partial charge in [0.2, 0.25) is 17.2 Å². The zero-order valence-corrected chi connectivity index (χ0v) is 11.2. The molecule has 5 nitrogen and oxygen atoms in total. The molecule has 2 aromatic rings.